The van der Waals surface area contributed by atoms with Crippen LogP contribution >= 0.6 is 22.9 Å². The summed E-state index contributed by atoms with van der Waals surface area (Å²) in [5, 5.41) is 1.16. The van der Waals surface area contributed by atoms with Crippen molar-refractivity contribution in [1.29, 1.82) is 0 Å². The zero-order valence-corrected chi connectivity index (χ0v) is 18.5. The highest BCUT2D eigenvalue weighted by Crippen LogP contribution is 2.35. The molecule has 0 saturated carbocycles. The molecule has 5 nitrogen and oxygen atoms in total. The minimum absolute atomic E-state index is 0.216. The molecule has 7 heteroatoms. The predicted molar refractivity (Wildman–Crippen MR) is 124 cm³/mol. The number of benzene rings is 3. The molecule has 0 saturated heterocycles. The van der Waals surface area contributed by atoms with Crippen LogP contribution in [0.1, 0.15) is 31.8 Å². The number of ether oxygens (including phenoxy) is 1. The van der Waals surface area contributed by atoms with E-state index in [1.54, 1.807) is 29.2 Å². The van der Waals surface area contributed by atoms with Gasteiger partial charge in [0.05, 0.1) is 35.0 Å². The Labute approximate surface area is 188 Å². The number of methoxy groups -OCH3 is 1. The molecule has 0 bridgehead atoms. The first-order valence-electron chi connectivity index (χ1n) is 9.58. The van der Waals surface area contributed by atoms with E-state index in [1.807, 2.05) is 49.4 Å². The number of aryl methyl sites for hydroxylation is 1. The van der Waals surface area contributed by atoms with Crippen LogP contribution in [0.25, 0.3) is 10.2 Å². The number of halogens is 1. The van der Waals surface area contributed by atoms with Gasteiger partial charge in [-0.2, -0.15) is 0 Å². The van der Waals surface area contributed by atoms with Crippen LogP contribution in [-0.2, 0) is 11.3 Å². The molecular weight excluding hydrogens is 432 g/mol. The van der Waals surface area contributed by atoms with Gasteiger partial charge in [0.1, 0.15) is 0 Å². The molecule has 0 spiro atoms. The largest absolute Gasteiger partial charge is 0.465 e. The Kier molecular flexibility index (Phi) is 6.02. The Morgan fingerprint density at radius 1 is 1.00 bits per heavy atom. The highest BCUT2D eigenvalue weighted by atomic mass is 35.5. The molecular formula is C24H19ClN2O3S. The summed E-state index contributed by atoms with van der Waals surface area (Å²) in [6, 6.07) is 20.0. The summed E-state index contributed by atoms with van der Waals surface area (Å²) < 4.78 is 5.80. The van der Waals surface area contributed by atoms with Gasteiger partial charge in [0.2, 0.25) is 0 Å². The van der Waals surface area contributed by atoms with E-state index in [4.69, 9.17) is 21.3 Å². The lowest BCUT2D eigenvalue weighted by atomic mass is 10.1. The normalized spacial score (nSPS) is 10.8. The number of esters is 1. The zero-order valence-electron chi connectivity index (χ0n) is 17.0. The summed E-state index contributed by atoms with van der Waals surface area (Å²) in [5.74, 6) is -0.886. The monoisotopic (exact) mass is 450 g/mol. The second-order valence-electron chi connectivity index (χ2n) is 6.93. The van der Waals surface area contributed by atoms with Crippen molar-refractivity contribution in [2.75, 3.05) is 12.0 Å². The molecule has 1 heterocycles. The minimum Gasteiger partial charge on any atom is -0.465 e. The van der Waals surface area contributed by atoms with Crippen molar-refractivity contribution in [2.24, 2.45) is 0 Å². The fraction of sp³-hybridized carbons (Fsp3) is 0.125. The van der Waals surface area contributed by atoms with Crippen molar-refractivity contribution < 1.29 is 14.3 Å². The van der Waals surface area contributed by atoms with Gasteiger partial charge in [-0.3, -0.25) is 9.69 Å². The fourth-order valence-electron chi connectivity index (χ4n) is 3.30. The number of carbonyl (C=O) groups is 2. The molecule has 3 aromatic carbocycles. The molecule has 0 aliphatic rings. The lowest BCUT2D eigenvalue weighted by Crippen LogP contribution is -2.31. The second kappa shape index (κ2) is 8.88. The summed E-state index contributed by atoms with van der Waals surface area (Å²) in [4.78, 5) is 32.3. The highest BCUT2D eigenvalue weighted by molar-refractivity contribution is 7.22. The third kappa shape index (κ3) is 4.17. The first kappa shape index (κ1) is 21.0. The Hall–Kier alpha value is -3.22. The molecule has 0 aliphatic carbocycles. The van der Waals surface area contributed by atoms with Crippen LogP contribution in [0.15, 0.2) is 66.7 Å². The summed E-state index contributed by atoms with van der Waals surface area (Å²) in [5.41, 5.74) is 3.05. The van der Waals surface area contributed by atoms with E-state index in [9.17, 15) is 9.59 Å². The summed E-state index contributed by atoms with van der Waals surface area (Å²) in [6.45, 7) is 2.21. The van der Waals surface area contributed by atoms with E-state index in [2.05, 4.69) is 0 Å². The number of carbonyl (C=O) groups excluding carboxylic acids is 2. The van der Waals surface area contributed by atoms with Gasteiger partial charge < -0.3 is 4.74 Å². The second-order valence-corrected chi connectivity index (χ2v) is 8.35. The van der Waals surface area contributed by atoms with Crippen LogP contribution in [0.3, 0.4) is 0 Å². The van der Waals surface area contributed by atoms with Crippen molar-refractivity contribution in [1.82, 2.24) is 4.98 Å². The maximum atomic E-state index is 13.7. The third-order valence-corrected chi connectivity index (χ3v) is 6.41. The van der Waals surface area contributed by atoms with Gasteiger partial charge in [-0.1, -0.05) is 65.4 Å². The molecule has 31 heavy (non-hydrogen) atoms. The number of amides is 1. The number of fused-ring (bicyclic) bond motifs is 1. The molecule has 0 fully saturated rings. The number of hydrogen-bond acceptors (Lipinski definition) is 5. The molecule has 4 aromatic rings. The molecule has 156 valence electrons. The Morgan fingerprint density at radius 3 is 2.39 bits per heavy atom. The van der Waals surface area contributed by atoms with E-state index in [0.29, 0.717) is 16.7 Å². The van der Waals surface area contributed by atoms with Crippen LogP contribution in [0, 0.1) is 6.92 Å². The minimum atomic E-state index is -0.560. The van der Waals surface area contributed by atoms with Crippen molar-refractivity contribution >= 4 is 50.2 Å². The molecule has 0 aliphatic heterocycles. The summed E-state index contributed by atoms with van der Waals surface area (Å²) >= 11 is 7.68. The SMILES string of the molecule is COC(=O)c1ccccc1C(=O)N(Cc1ccccc1)c1nc2c(C)c(Cl)ccc2s1. The molecule has 0 N–H and O–H groups in total. The summed E-state index contributed by atoms with van der Waals surface area (Å²) in [7, 11) is 1.30. The van der Waals surface area contributed by atoms with Crippen molar-refractivity contribution in [3.8, 4) is 0 Å². The van der Waals surface area contributed by atoms with Crippen LogP contribution in [0.5, 0.6) is 0 Å². The average Bonchev–Trinajstić information content (AvgIpc) is 3.24. The first-order valence-corrected chi connectivity index (χ1v) is 10.8. The fourth-order valence-corrected chi connectivity index (χ4v) is 4.47. The number of nitrogens with zero attached hydrogens (tertiary/aromatic N) is 2. The topological polar surface area (TPSA) is 59.5 Å². The van der Waals surface area contributed by atoms with Crippen molar-refractivity contribution in [3.05, 3.63) is 94.0 Å². The van der Waals surface area contributed by atoms with E-state index < -0.39 is 5.97 Å². The van der Waals surface area contributed by atoms with Gasteiger partial charge in [0.25, 0.3) is 5.91 Å². The quantitative estimate of drug-likeness (QED) is 0.355. The van der Waals surface area contributed by atoms with Gasteiger partial charge in [0, 0.05) is 5.02 Å². The molecule has 4 rings (SSSR count). The molecule has 1 amide bonds. The Bertz CT molecular complexity index is 1270. The number of thiazole rings is 1. The number of hydrogen-bond donors (Lipinski definition) is 0. The van der Waals surface area contributed by atoms with Gasteiger partial charge in [-0.15, -0.1) is 0 Å². The average molecular weight is 451 g/mol. The van der Waals surface area contributed by atoms with E-state index in [-0.39, 0.29) is 17.0 Å². The van der Waals surface area contributed by atoms with E-state index in [0.717, 1.165) is 21.3 Å². The maximum absolute atomic E-state index is 13.7. The van der Waals surface area contributed by atoms with Gasteiger partial charge in [-0.05, 0) is 42.3 Å². The van der Waals surface area contributed by atoms with Gasteiger partial charge in [0.15, 0.2) is 5.13 Å². The lowest BCUT2D eigenvalue weighted by Gasteiger charge is -2.21. The smallest absolute Gasteiger partial charge is 0.338 e. The highest BCUT2D eigenvalue weighted by Gasteiger charge is 2.26. The lowest BCUT2D eigenvalue weighted by molar-refractivity contribution is 0.0597. The summed E-state index contributed by atoms with van der Waals surface area (Å²) in [6.07, 6.45) is 0. The molecule has 0 atom stereocenters. The van der Waals surface area contributed by atoms with E-state index in [1.165, 1.54) is 18.4 Å². The Morgan fingerprint density at radius 2 is 1.68 bits per heavy atom. The van der Waals surface area contributed by atoms with Gasteiger partial charge in [-0.25, -0.2) is 9.78 Å². The van der Waals surface area contributed by atoms with Crippen LogP contribution in [-0.4, -0.2) is 24.0 Å². The Balaban J connectivity index is 1.84. The maximum Gasteiger partial charge on any atom is 0.338 e. The number of aromatic nitrogens is 1. The van der Waals surface area contributed by atoms with Crippen LogP contribution in [0.2, 0.25) is 5.02 Å². The number of rotatable bonds is 5. The van der Waals surface area contributed by atoms with Crippen LogP contribution in [0.4, 0.5) is 5.13 Å². The van der Waals surface area contributed by atoms with E-state index >= 15 is 0 Å². The predicted octanol–water partition coefficient (Wildman–Crippen LogP) is 5.89. The standard InChI is InChI=1S/C24H19ClN2O3S/c1-15-19(25)12-13-20-21(15)26-24(31-20)27(14-16-8-4-3-5-9-16)22(28)17-10-6-7-11-18(17)23(29)30-2/h3-13H,14H2,1-2H3. The van der Waals surface area contributed by atoms with Crippen molar-refractivity contribution in [3.63, 3.8) is 0 Å². The molecule has 0 radical (unpaired) electrons. The van der Waals surface area contributed by atoms with Gasteiger partial charge >= 0.3 is 5.97 Å². The van der Waals surface area contributed by atoms with Crippen LogP contribution < -0.4 is 4.90 Å². The molecule has 0 unspecified atom stereocenters. The van der Waals surface area contributed by atoms with Crippen molar-refractivity contribution in [2.45, 2.75) is 13.5 Å². The first-order chi connectivity index (χ1) is 15.0. The third-order valence-electron chi connectivity index (χ3n) is 4.96. The zero-order chi connectivity index (χ0) is 22.0. The molecule has 1 aromatic heterocycles. The number of anilines is 1.